The molecule has 122 valence electrons. The van der Waals surface area contributed by atoms with E-state index in [2.05, 4.69) is 10.2 Å². The first-order chi connectivity index (χ1) is 11.2. The number of hydrogen-bond acceptors (Lipinski definition) is 3. The minimum atomic E-state index is -0.244. The van der Waals surface area contributed by atoms with Crippen LogP contribution in [0.25, 0.3) is 10.9 Å². The third-order valence-electron chi connectivity index (χ3n) is 5.69. The molecule has 2 atom stereocenters. The zero-order valence-corrected chi connectivity index (χ0v) is 13.3. The number of piperidine rings is 1. The molecule has 1 aliphatic heterocycles. The summed E-state index contributed by atoms with van der Waals surface area (Å²) >= 11 is 0. The van der Waals surface area contributed by atoms with Crippen LogP contribution < -0.4 is 0 Å². The molecule has 2 aliphatic rings. The maximum atomic E-state index is 12.8. The highest BCUT2D eigenvalue weighted by atomic mass is 16.3. The van der Waals surface area contributed by atoms with Gasteiger partial charge in [0.2, 0.25) is 5.91 Å². The molecule has 1 saturated carbocycles. The van der Waals surface area contributed by atoms with Gasteiger partial charge < -0.3 is 10.0 Å². The van der Waals surface area contributed by atoms with Crippen molar-refractivity contribution in [3.05, 3.63) is 30.0 Å². The molecule has 5 nitrogen and oxygen atoms in total. The molecule has 23 heavy (non-hydrogen) atoms. The molecule has 0 bridgehead atoms. The Labute approximate surface area is 135 Å². The first-order valence-corrected chi connectivity index (χ1v) is 8.56. The topological polar surface area (TPSA) is 69.2 Å². The van der Waals surface area contributed by atoms with Crippen LogP contribution in [0.5, 0.6) is 0 Å². The van der Waals surface area contributed by atoms with Crippen LogP contribution in [-0.4, -0.2) is 45.3 Å². The summed E-state index contributed by atoms with van der Waals surface area (Å²) in [6, 6.07) is 7.87. The lowest BCUT2D eigenvalue weighted by Gasteiger charge is -2.42. The first-order valence-electron chi connectivity index (χ1n) is 8.56. The van der Waals surface area contributed by atoms with Crippen LogP contribution in [0.1, 0.15) is 37.8 Å². The Kier molecular flexibility index (Phi) is 3.60. The summed E-state index contributed by atoms with van der Waals surface area (Å²) in [5.74, 6) is 0.137. The number of aromatic nitrogens is 2. The zero-order valence-electron chi connectivity index (χ0n) is 13.3. The van der Waals surface area contributed by atoms with Crippen molar-refractivity contribution in [2.75, 3.05) is 13.1 Å². The Hall–Kier alpha value is -1.88. The Bertz CT molecular complexity index is 726. The van der Waals surface area contributed by atoms with Crippen molar-refractivity contribution >= 4 is 16.8 Å². The average Bonchev–Trinajstić information content (AvgIpc) is 3.13. The van der Waals surface area contributed by atoms with Gasteiger partial charge in [0, 0.05) is 23.9 Å². The van der Waals surface area contributed by atoms with Crippen LogP contribution in [0.4, 0.5) is 0 Å². The molecule has 4 rings (SSSR count). The number of carbonyl (C=O) groups excluding carboxylic acids is 1. The monoisotopic (exact) mass is 313 g/mol. The number of amides is 1. The molecular formula is C18H23N3O2. The lowest BCUT2D eigenvalue weighted by Crippen LogP contribution is -2.49. The van der Waals surface area contributed by atoms with E-state index in [4.69, 9.17) is 0 Å². The Balaban J connectivity index is 1.50. The Morgan fingerprint density at radius 2 is 2.17 bits per heavy atom. The highest BCUT2D eigenvalue weighted by Gasteiger charge is 2.45. The number of nitrogens with one attached hydrogen (secondary N) is 1. The number of aliphatic hydroxyl groups is 1. The molecule has 1 unspecified atom stereocenters. The second-order valence-electron chi connectivity index (χ2n) is 7.09. The molecule has 2 heterocycles. The number of aromatic amines is 1. The summed E-state index contributed by atoms with van der Waals surface area (Å²) < 4.78 is 0. The van der Waals surface area contributed by atoms with E-state index in [-0.39, 0.29) is 17.4 Å². The highest BCUT2D eigenvalue weighted by Crippen LogP contribution is 2.45. The fraction of sp³-hybridized carbons (Fsp3) is 0.556. The van der Waals surface area contributed by atoms with Crippen molar-refractivity contribution in [3.8, 4) is 0 Å². The van der Waals surface area contributed by atoms with Crippen molar-refractivity contribution in [1.29, 1.82) is 0 Å². The normalized spacial score (nSPS) is 27.9. The maximum absolute atomic E-state index is 12.8. The Morgan fingerprint density at radius 3 is 3.00 bits per heavy atom. The van der Waals surface area contributed by atoms with E-state index >= 15 is 0 Å². The van der Waals surface area contributed by atoms with Gasteiger partial charge in [0.1, 0.15) is 0 Å². The van der Waals surface area contributed by atoms with Crippen molar-refractivity contribution in [3.63, 3.8) is 0 Å². The van der Waals surface area contributed by atoms with Crippen LogP contribution >= 0.6 is 0 Å². The number of rotatable bonds is 2. The molecule has 1 aromatic heterocycles. The van der Waals surface area contributed by atoms with Gasteiger partial charge in [0.15, 0.2) is 0 Å². The largest absolute Gasteiger partial charge is 0.392 e. The summed E-state index contributed by atoms with van der Waals surface area (Å²) in [5, 5.41) is 18.6. The lowest BCUT2D eigenvalue weighted by atomic mass is 9.76. The molecule has 0 radical (unpaired) electrons. The van der Waals surface area contributed by atoms with Crippen LogP contribution in [0.2, 0.25) is 0 Å². The quantitative estimate of drug-likeness (QED) is 0.893. The van der Waals surface area contributed by atoms with Gasteiger partial charge in [-0.25, -0.2) is 0 Å². The van der Waals surface area contributed by atoms with Gasteiger partial charge in [-0.15, -0.1) is 0 Å². The standard InChI is InChI=1S/C18H23N3O2/c22-16-7-3-8-18(16)9-4-10-21(12-18)17(23)11-15-13-5-1-2-6-14(13)19-20-15/h1-2,5-6,16,22H,3-4,7-12H2,(H,19,20)/t16?,18-/m0/s1. The van der Waals surface area contributed by atoms with Gasteiger partial charge in [-0.2, -0.15) is 5.10 Å². The lowest BCUT2D eigenvalue weighted by molar-refractivity contribution is -0.135. The molecular weight excluding hydrogens is 290 g/mol. The van der Waals surface area contributed by atoms with Gasteiger partial charge in [0.25, 0.3) is 0 Å². The highest BCUT2D eigenvalue weighted by molar-refractivity contribution is 5.87. The fourth-order valence-electron chi connectivity index (χ4n) is 4.38. The minimum absolute atomic E-state index is 0.0516. The fourth-order valence-corrected chi connectivity index (χ4v) is 4.38. The number of carbonyl (C=O) groups is 1. The molecule has 2 N–H and O–H groups in total. The van der Waals surface area contributed by atoms with Crippen LogP contribution in [-0.2, 0) is 11.2 Å². The third-order valence-corrected chi connectivity index (χ3v) is 5.69. The van der Waals surface area contributed by atoms with Crippen molar-refractivity contribution in [2.45, 2.75) is 44.6 Å². The zero-order chi connectivity index (χ0) is 15.9. The predicted octanol–water partition coefficient (Wildman–Crippen LogP) is 2.26. The summed E-state index contributed by atoms with van der Waals surface area (Å²) in [5.41, 5.74) is 1.73. The smallest absolute Gasteiger partial charge is 0.228 e. The van der Waals surface area contributed by atoms with E-state index in [0.29, 0.717) is 13.0 Å². The molecule has 1 aliphatic carbocycles. The van der Waals surface area contributed by atoms with E-state index < -0.39 is 0 Å². The Morgan fingerprint density at radius 1 is 1.35 bits per heavy atom. The SMILES string of the molecule is O=C(Cc1[nH]nc2ccccc12)N1CCC[C@@]2(CCCC2O)C1. The van der Waals surface area contributed by atoms with Crippen LogP contribution in [0.3, 0.4) is 0 Å². The number of para-hydroxylation sites is 1. The van der Waals surface area contributed by atoms with Crippen molar-refractivity contribution < 1.29 is 9.90 Å². The number of likely N-dealkylation sites (tertiary alicyclic amines) is 1. The number of nitrogens with zero attached hydrogens (tertiary/aromatic N) is 2. The number of aliphatic hydroxyl groups excluding tert-OH is 1. The van der Waals surface area contributed by atoms with E-state index in [0.717, 1.165) is 55.2 Å². The molecule has 2 fully saturated rings. The van der Waals surface area contributed by atoms with Crippen molar-refractivity contribution in [2.24, 2.45) is 5.41 Å². The molecule has 1 aromatic carbocycles. The molecule has 1 amide bonds. The van der Waals surface area contributed by atoms with Crippen molar-refractivity contribution in [1.82, 2.24) is 15.1 Å². The molecule has 1 spiro atoms. The molecule has 2 aromatic rings. The number of H-pyrrole nitrogens is 1. The van der Waals surface area contributed by atoms with Gasteiger partial charge in [-0.3, -0.25) is 9.89 Å². The van der Waals surface area contributed by atoms with Crippen LogP contribution in [0.15, 0.2) is 24.3 Å². The van der Waals surface area contributed by atoms with E-state index in [1.54, 1.807) is 0 Å². The van der Waals surface area contributed by atoms with Gasteiger partial charge in [-0.1, -0.05) is 24.6 Å². The van der Waals surface area contributed by atoms with Gasteiger partial charge >= 0.3 is 0 Å². The molecule has 5 heteroatoms. The van der Waals surface area contributed by atoms with E-state index in [1.165, 1.54) is 0 Å². The second-order valence-corrected chi connectivity index (χ2v) is 7.09. The second kappa shape index (κ2) is 5.64. The summed E-state index contributed by atoms with van der Waals surface area (Å²) in [6.07, 6.45) is 5.16. The van der Waals surface area contributed by atoms with E-state index in [1.807, 2.05) is 29.2 Å². The number of benzene rings is 1. The van der Waals surface area contributed by atoms with Gasteiger partial charge in [-0.05, 0) is 31.7 Å². The summed E-state index contributed by atoms with van der Waals surface area (Å²) in [4.78, 5) is 14.7. The third kappa shape index (κ3) is 2.53. The van der Waals surface area contributed by atoms with E-state index in [9.17, 15) is 9.90 Å². The first kappa shape index (κ1) is 14.7. The number of fused-ring (bicyclic) bond motifs is 1. The number of hydrogen-bond donors (Lipinski definition) is 2. The summed E-state index contributed by atoms with van der Waals surface area (Å²) in [6.45, 7) is 1.51. The average molecular weight is 313 g/mol. The van der Waals surface area contributed by atoms with Crippen LogP contribution in [0, 0.1) is 5.41 Å². The predicted molar refractivity (Wildman–Crippen MR) is 87.9 cm³/mol. The minimum Gasteiger partial charge on any atom is -0.392 e. The van der Waals surface area contributed by atoms with Gasteiger partial charge in [0.05, 0.1) is 23.7 Å². The maximum Gasteiger partial charge on any atom is 0.228 e. The molecule has 1 saturated heterocycles. The summed E-state index contributed by atoms with van der Waals surface area (Å²) in [7, 11) is 0.